The molecule has 9 heteroatoms. The Morgan fingerprint density at radius 3 is 2.62 bits per heavy atom. The van der Waals surface area contributed by atoms with E-state index in [1.165, 1.54) is 18.2 Å². The van der Waals surface area contributed by atoms with E-state index in [2.05, 4.69) is 21.8 Å². The normalized spacial score (nSPS) is 20.1. The molecule has 1 fully saturated rings. The number of amides is 1. The molecule has 4 aromatic rings. The number of carbonyl (C=O) groups is 1. The Kier molecular flexibility index (Phi) is 7.02. The van der Waals surface area contributed by atoms with E-state index in [9.17, 15) is 17.6 Å². The molecule has 3 aromatic carbocycles. The van der Waals surface area contributed by atoms with Crippen molar-refractivity contribution in [3.63, 3.8) is 0 Å². The van der Waals surface area contributed by atoms with Crippen molar-refractivity contribution in [2.24, 2.45) is 13.0 Å². The average molecular weight is 559 g/mol. The summed E-state index contributed by atoms with van der Waals surface area (Å²) < 4.78 is 45.3. The molecule has 1 saturated carbocycles. The second kappa shape index (κ2) is 10.6. The van der Waals surface area contributed by atoms with Crippen molar-refractivity contribution in [1.29, 1.82) is 0 Å². The molecule has 2 aliphatic rings. The van der Waals surface area contributed by atoms with Gasteiger partial charge in [0.15, 0.2) is 0 Å². The van der Waals surface area contributed by atoms with Crippen LogP contribution in [0.15, 0.2) is 90.1 Å². The Balaban J connectivity index is 1.32. The van der Waals surface area contributed by atoms with Crippen LogP contribution in [0.5, 0.6) is 0 Å². The van der Waals surface area contributed by atoms with Gasteiger partial charge in [0.1, 0.15) is 16.5 Å². The van der Waals surface area contributed by atoms with Gasteiger partial charge in [0.2, 0.25) is 15.9 Å². The highest BCUT2D eigenvalue weighted by Gasteiger charge is 2.46. The highest BCUT2D eigenvalue weighted by atomic mass is 32.2. The molecule has 1 amide bonds. The Hall–Kier alpha value is -3.82. The van der Waals surface area contributed by atoms with Gasteiger partial charge in [-0.3, -0.25) is 4.79 Å². The topological polar surface area (TPSA) is 84.3 Å². The summed E-state index contributed by atoms with van der Waals surface area (Å²) in [5.41, 5.74) is 3.69. The Morgan fingerprint density at radius 2 is 1.88 bits per heavy atom. The monoisotopic (exact) mass is 558 g/mol. The van der Waals surface area contributed by atoms with Crippen molar-refractivity contribution in [2.75, 3.05) is 4.90 Å². The maximum absolute atomic E-state index is 14.4. The van der Waals surface area contributed by atoms with Crippen LogP contribution in [-0.4, -0.2) is 23.9 Å². The van der Waals surface area contributed by atoms with Crippen LogP contribution in [0.1, 0.15) is 53.7 Å². The highest BCUT2D eigenvalue weighted by Crippen LogP contribution is 2.49. The zero-order valence-corrected chi connectivity index (χ0v) is 23.0. The van der Waals surface area contributed by atoms with Gasteiger partial charge >= 0.3 is 0 Å². The number of anilines is 1. The van der Waals surface area contributed by atoms with Crippen molar-refractivity contribution in [3.05, 3.63) is 114 Å². The smallest absolute Gasteiger partial charge is 0.244 e. The van der Waals surface area contributed by atoms with Crippen LogP contribution in [-0.2, 0) is 34.8 Å². The second-order valence-electron chi connectivity index (χ2n) is 10.6. The summed E-state index contributed by atoms with van der Waals surface area (Å²) in [6.07, 6.45) is 6.53. The number of hydrogen-bond acceptors (Lipinski definition) is 4. The second-order valence-corrected chi connectivity index (χ2v) is 12.3. The molecule has 3 atom stereocenters. The van der Waals surface area contributed by atoms with Gasteiger partial charge in [-0.1, -0.05) is 48.5 Å². The van der Waals surface area contributed by atoms with Gasteiger partial charge < -0.3 is 9.47 Å². The predicted octanol–water partition coefficient (Wildman–Crippen LogP) is 5.25. The molecule has 0 radical (unpaired) electrons. The molecule has 0 saturated heterocycles. The third kappa shape index (κ3) is 5.19. The number of aromatic nitrogens is 2. The molecule has 1 heterocycles. The number of aryl methyl sites for hydroxylation is 2. The number of benzene rings is 3. The van der Waals surface area contributed by atoms with Crippen molar-refractivity contribution in [2.45, 2.75) is 49.1 Å². The van der Waals surface area contributed by atoms with E-state index >= 15 is 0 Å². The third-order valence-electron chi connectivity index (χ3n) is 8.00. The maximum Gasteiger partial charge on any atom is 0.244 e. The molecule has 0 bridgehead atoms. The fourth-order valence-corrected chi connectivity index (χ4v) is 7.04. The third-order valence-corrected chi connectivity index (χ3v) is 9.51. The number of rotatable bonds is 8. The average Bonchev–Trinajstić information content (AvgIpc) is 3.66. The molecule has 7 nitrogen and oxygen atoms in total. The van der Waals surface area contributed by atoms with E-state index in [-0.39, 0.29) is 22.6 Å². The number of hydrogen-bond donors (Lipinski definition) is 1. The first kappa shape index (κ1) is 26.4. The van der Waals surface area contributed by atoms with Gasteiger partial charge in [0.05, 0.1) is 6.54 Å². The van der Waals surface area contributed by atoms with Crippen LogP contribution in [0, 0.1) is 11.7 Å². The Labute approximate surface area is 233 Å². The molecular weight excluding hydrogens is 527 g/mol. The number of sulfonamides is 1. The molecule has 2 aliphatic carbocycles. The lowest BCUT2D eigenvalue weighted by Crippen LogP contribution is -2.34. The largest absolute Gasteiger partial charge is 0.337 e. The molecular formula is C31H31FN4O3S. The van der Waals surface area contributed by atoms with Crippen molar-refractivity contribution in [3.8, 4) is 0 Å². The molecule has 6 rings (SSSR count). The van der Waals surface area contributed by atoms with Crippen LogP contribution < -0.4 is 9.62 Å². The number of nitrogens with one attached hydrogen (secondary N) is 1. The molecule has 0 spiro atoms. The van der Waals surface area contributed by atoms with Gasteiger partial charge in [-0.05, 0) is 72.6 Å². The number of fused-ring (bicyclic) bond motifs is 1. The first-order chi connectivity index (χ1) is 19.3. The summed E-state index contributed by atoms with van der Waals surface area (Å²) >= 11 is 0. The van der Waals surface area contributed by atoms with Gasteiger partial charge in [-0.2, -0.15) is 0 Å². The molecule has 40 heavy (non-hydrogen) atoms. The molecule has 0 aliphatic heterocycles. The van der Waals surface area contributed by atoms with Crippen LogP contribution >= 0.6 is 0 Å². The summed E-state index contributed by atoms with van der Waals surface area (Å²) in [5, 5.41) is 0. The summed E-state index contributed by atoms with van der Waals surface area (Å²) in [4.78, 5) is 19.8. The van der Waals surface area contributed by atoms with Crippen LogP contribution in [0.25, 0.3) is 0 Å². The fraction of sp³-hybridized carbons (Fsp3) is 0.290. The van der Waals surface area contributed by atoms with Crippen molar-refractivity contribution >= 4 is 21.6 Å². The summed E-state index contributed by atoms with van der Waals surface area (Å²) in [7, 11) is -2.19. The first-order valence-electron chi connectivity index (χ1n) is 13.5. The SMILES string of the molecule is Cn1ccnc1CN(C(=O)[C@@H]1C[C@@H]1c1ccccc1)c1ccc2c(c1)[C@@H](NS(=O)(=O)c1ccccc1F)CCC2. The minimum absolute atomic E-state index is 0.0242. The lowest BCUT2D eigenvalue weighted by molar-refractivity contribution is -0.120. The van der Waals surface area contributed by atoms with E-state index in [1.807, 2.05) is 54.2 Å². The zero-order valence-electron chi connectivity index (χ0n) is 22.2. The molecule has 0 unspecified atom stereocenters. The molecule has 206 valence electrons. The lowest BCUT2D eigenvalue weighted by atomic mass is 9.87. The maximum atomic E-state index is 14.4. The van der Waals surface area contributed by atoms with E-state index in [1.54, 1.807) is 11.1 Å². The minimum atomic E-state index is -4.09. The predicted molar refractivity (Wildman–Crippen MR) is 151 cm³/mol. The minimum Gasteiger partial charge on any atom is -0.337 e. The Morgan fingerprint density at radius 1 is 1.10 bits per heavy atom. The van der Waals surface area contributed by atoms with Crippen LogP contribution in [0.2, 0.25) is 0 Å². The zero-order chi connectivity index (χ0) is 27.9. The number of imidazole rings is 1. The quantitative estimate of drug-likeness (QED) is 0.320. The number of nitrogens with zero attached hydrogens (tertiary/aromatic N) is 3. The highest BCUT2D eigenvalue weighted by molar-refractivity contribution is 7.89. The summed E-state index contributed by atoms with van der Waals surface area (Å²) in [5.74, 6) is 0.0319. The van der Waals surface area contributed by atoms with E-state index in [0.717, 1.165) is 47.8 Å². The summed E-state index contributed by atoms with van der Waals surface area (Å²) in [6, 6.07) is 20.8. The van der Waals surface area contributed by atoms with Crippen LogP contribution in [0.3, 0.4) is 0 Å². The lowest BCUT2D eigenvalue weighted by Gasteiger charge is -2.29. The van der Waals surface area contributed by atoms with Gasteiger partial charge in [-0.15, -0.1) is 0 Å². The molecule has 1 N–H and O–H groups in total. The first-order valence-corrected chi connectivity index (χ1v) is 15.0. The number of carbonyl (C=O) groups excluding carboxylic acids is 1. The fourth-order valence-electron chi connectivity index (χ4n) is 5.71. The number of halogens is 1. The van der Waals surface area contributed by atoms with E-state index < -0.39 is 21.9 Å². The standard InChI is InChI=1S/C31H31FN4O3S/c1-35-17-16-33-30(35)20-36(31(37)26-19-24(26)21-8-3-2-4-9-21)23-15-14-22-10-7-12-28(25(22)18-23)34-40(38,39)29-13-6-5-11-27(29)32/h2-6,8-9,11,13-18,24,26,28,34H,7,10,12,19-20H2,1H3/t24-,26-,28+/m1/s1. The van der Waals surface area contributed by atoms with Gasteiger partial charge in [0, 0.05) is 37.1 Å². The molecule has 1 aromatic heterocycles. The Bertz CT molecular complexity index is 1650. The van der Waals surface area contributed by atoms with Crippen LogP contribution in [0.4, 0.5) is 10.1 Å². The van der Waals surface area contributed by atoms with Gasteiger partial charge in [-0.25, -0.2) is 22.5 Å². The van der Waals surface area contributed by atoms with Crippen molar-refractivity contribution < 1.29 is 17.6 Å². The van der Waals surface area contributed by atoms with E-state index in [4.69, 9.17) is 0 Å². The van der Waals surface area contributed by atoms with Gasteiger partial charge in [0.25, 0.3) is 0 Å². The van der Waals surface area contributed by atoms with E-state index in [0.29, 0.717) is 18.7 Å². The summed E-state index contributed by atoms with van der Waals surface area (Å²) in [6.45, 7) is 0.296. The van der Waals surface area contributed by atoms with Crippen molar-refractivity contribution in [1.82, 2.24) is 14.3 Å².